The van der Waals surface area contributed by atoms with Crippen LogP contribution in [0.25, 0.3) is 0 Å². The van der Waals surface area contributed by atoms with Crippen LogP contribution in [0, 0.1) is 6.92 Å². The molecule has 0 saturated carbocycles. The van der Waals surface area contributed by atoms with Crippen LogP contribution in [-0.4, -0.2) is 52.1 Å². The second-order valence-electron chi connectivity index (χ2n) is 5.98. The fourth-order valence-electron chi connectivity index (χ4n) is 2.90. The Kier molecular flexibility index (Phi) is 5.46. The first-order chi connectivity index (χ1) is 11.1. The predicted octanol–water partition coefficient (Wildman–Crippen LogP) is 2.77. The maximum absolute atomic E-state index is 12.3. The molecule has 0 spiro atoms. The highest BCUT2D eigenvalue weighted by atomic mass is 32.2. The van der Waals surface area contributed by atoms with Crippen LogP contribution >= 0.6 is 11.3 Å². The van der Waals surface area contributed by atoms with Gasteiger partial charge in [0.1, 0.15) is 0 Å². The first-order valence-corrected chi connectivity index (χ1v) is 10.2. The van der Waals surface area contributed by atoms with Gasteiger partial charge < -0.3 is 4.90 Å². The lowest BCUT2D eigenvalue weighted by Gasteiger charge is -2.39. The number of thiazole rings is 1. The van der Waals surface area contributed by atoms with Crippen molar-refractivity contribution in [1.29, 1.82) is 0 Å². The third kappa shape index (κ3) is 4.19. The minimum absolute atomic E-state index is 0.444. The molecule has 2 heterocycles. The maximum atomic E-state index is 12.3. The molecule has 3 rings (SSSR count). The van der Waals surface area contributed by atoms with Crippen LogP contribution in [-0.2, 0) is 10.8 Å². The minimum atomic E-state index is -0.903. The summed E-state index contributed by atoms with van der Waals surface area (Å²) < 4.78 is 12.3. The molecule has 6 heteroatoms. The smallest absolute Gasteiger partial charge is 0.185 e. The van der Waals surface area contributed by atoms with Crippen molar-refractivity contribution in [2.24, 2.45) is 0 Å². The number of hydrogen-bond acceptors (Lipinski definition) is 5. The van der Waals surface area contributed by atoms with E-state index in [0.717, 1.165) is 41.9 Å². The number of aromatic nitrogens is 1. The number of benzene rings is 1. The summed E-state index contributed by atoms with van der Waals surface area (Å²) >= 11 is 1.72. The summed E-state index contributed by atoms with van der Waals surface area (Å²) in [7, 11) is -0.903. The number of rotatable bonds is 5. The van der Waals surface area contributed by atoms with Crippen LogP contribution in [0.1, 0.15) is 12.6 Å². The van der Waals surface area contributed by atoms with Gasteiger partial charge in [-0.1, -0.05) is 18.2 Å². The summed E-state index contributed by atoms with van der Waals surface area (Å²) in [5.74, 6) is 0.701. The second-order valence-corrected chi connectivity index (χ2v) is 8.38. The van der Waals surface area contributed by atoms with Crippen LogP contribution in [0.2, 0.25) is 0 Å². The van der Waals surface area contributed by atoms with Crippen molar-refractivity contribution in [2.75, 3.05) is 36.8 Å². The van der Waals surface area contributed by atoms with Crippen LogP contribution in [0.15, 0.2) is 40.6 Å². The molecule has 1 aliphatic heterocycles. The predicted molar refractivity (Wildman–Crippen MR) is 97.8 cm³/mol. The molecule has 1 aromatic carbocycles. The summed E-state index contributed by atoms with van der Waals surface area (Å²) in [6, 6.07) is 10.2. The van der Waals surface area contributed by atoms with E-state index in [1.807, 2.05) is 37.3 Å². The molecular formula is C17H23N3OS2. The molecule has 2 atom stereocenters. The Hall–Kier alpha value is -1.24. The molecule has 0 bridgehead atoms. The van der Waals surface area contributed by atoms with Crippen molar-refractivity contribution in [2.45, 2.75) is 24.8 Å². The topological polar surface area (TPSA) is 36.4 Å². The van der Waals surface area contributed by atoms with E-state index >= 15 is 0 Å². The molecule has 0 unspecified atom stereocenters. The number of aryl methyl sites for hydroxylation is 1. The number of anilines is 1. The maximum Gasteiger partial charge on any atom is 0.185 e. The van der Waals surface area contributed by atoms with E-state index in [1.54, 1.807) is 11.3 Å². The van der Waals surface area contributed by atoms with Gasteiger partial charge >= 0.3 is 0 Å². The third-order valence-electron chi connectivity index (χ3n) is 4.16. The highest BCUT2D eigenvalue weighted by molar-refractivity contribution is 7.85. The monoisotopic (exact) mass is 349 g/mol. The molecule has 1 aliphatic rings. The number of nitrogens with zero attached hydrogens (tertiary/aromatic N) is 3. The molecule has 0 radical (unpaired) electrons. The molecule has 0 N–H and O–H groups in total. The largest absolute Gasteiger partial charge is 0.343 e. The summed E-state index contributed by atoms with van der Waals surface area (Å²) in [6.07, 6.45) is 0. The van der Waals surface area contributed by atoms with Gasteiger partial charge in [-0.3, -0.25) is 9.11 Å². The average molecular weight is 350 g/mol. The average Bonchev–Trinajstić information content (AvgIpc) is 2.99. The quantitative estimate of drug-likeness (QED) is 0.832. The van der Waals surface area contributed by atoms with Gasteiger partial charge in [-0.2, -0.15) is 0 Å². The first kappa shape index (κ1) is 16.6. The molecule has 2 aromatic rings. The molecule has 4 nitrogen and oxygen atoms in total. The van der Waals surface area contributed by atoms with Gasteiger partial charge in [0, 0.05) is 48.2 Å². The van der Waals surface area contributed by atoms with Crippen molar-refractivity contribution in [3.8, 4) is 0 Å². The summed E-state index contributed by atoms with van der Waals surface area (Å²) in [4.78, 5) is 10.3. The molecule has 124 valence electrons. The second kappa shape index (κ2) is 7.55. The lowest BCUT2D eigenvalue weighted by Crippen LogP contribution is -2.52. The van der Waals surface area contributed by atoms with Crippen LogP contribution in [0.4, 0.5) is 5.13 Å². The molecule has 23 heavy (non-hydrogen) atoms. The van der Waals surface area contributed by atoms with E-state index < -0.39 is 10.8 Å². The minimum Gasteiger partial charge on any atom is -0.343 e. The van der Waals surface area contributed by atoms with Crippen LogP contribution < -0.4 is 4.90 Å². The Morgan fingerprint density at radius 3 is 2.74 bits per heavy atom. The Morgan fingerprint density at radius 2 is 2.09 bits per heavy atom. The normalized spacial score (nSPS) is 20.6. The molecule has 0 amide bonds. The van der Waals surface area contributed by atoms with E-state index in [4.69, 9.17) is 0 Å². The van der Waals surface area contributed by atoms with E-state index in [1.165, 1.54) is 0 Å². The SMILES string of the molecule is Cc1csc(N2CCN(CC[S@@](=O)c3ccccc3)C[C@H]2C)n1. The summed E-state index contributed by atoms with van der Waals surface area (Å²) in [5.41, 5.74) is 1.10. The number of hydrogen-bond donors (Lipinski definition) is 0. The Morgan fingerprint density at radius 1 is 1.30 bits per heavy atom. The van der Waals surface area contributed by atoms with Crippen LogP contribution in [0.5, 0.6) is 0 Å². The summed E-state index contributed by atoms with van der Waals surface area (Å²) in [6.45, 7) is 8.18. The van der Waals surface area contributed by atoms with Crippen molar-refractivity contribution >= 4 is 27.3 Å². The van der Waals surface area contributed by atoms with Crippen molar-refractivity contribution < 1.29 is 4.21 Å². The van der Waals surface area contributed by atoms with Crippen molar-refractivity contribution in [1.82, 2.24) is 9.88 Å². The highest BCUT2D eigenvalue weighted by Crippen LogP contribution is 2.24. The van der Waals surface area contributed by atoms with E-state index in [-0.39, 0.29) is 0 Å². The molecule has 1 aromatic heterocycles. The lowest BCUT2D eigenvalue weighted by atomic mass is 10.2. The van der Waals surface area contributed by atoms with Crippen molar-refractivity contribution in [3.63, 3.8) is 0 Å². The molecule has 1 saturated heterocycles. The van der Waals surface area contributed by atoms with Gasteiger partial charge in [0.25, 0.3) is 0 Å². The van der Waals surface area contributed by atoms with Gasteiger partial charge in [0.2, 0.25) is 0 Å². The fraction of sp³-hybridized carbons (Fsp3) is 0.471. The number of piperazine rings is 1. The van der Waals surface area contributed by atoms with E-state index in [0.29, 0.717) is 11.8 Å². The van der Waals surface area contributed by atoms with E-state index in [9.17, 15) is 4.21 Å². The Labute approximate surface area is 144 Å². The Balaban J connectivity index is 1.51. The fourth-order valence-corrected chi connectivity index (χ4v) is 4.95. The Bertz CT molecular complexity index is 659. The highest BCUT2D eigenvalue weighted by Gasteiger charge is 2.25. The van der Waals surface area contributed by atoms with Gasteiger partial charge in [-0.25, -0.2) is 4.98 Å². The molecule has 1 fully saturated rings. The van der Waals surface area contributed by atoms with E-state index in [2.05, 4.69) is 27.1 Å². The zero-order valence-corrected chi connectivity index (χ0v) is 15.3. The van der Waals surface area contributed by atoms with Gasteiger partial charge in [0.15, 0.2) is 5.13 Å². The molecule has 0 aliphatic carbocycles. The third-order valence-corrected chi connectivity index (χ3v) is 6.51. The zero-order valence-electron chi connectivity index (χ0n) is 13.6. The van der Waals surface area contributed by atoms with Crippen molar-refractivity contribution in [3.05, 3.63) is 41.4 Å². The van der Waals surface area contributed by atoms with Gasteiger partial charge in [0.05, 0.1) is 16.5 Å². The zero-order chi connectivity index (χ0) is 16.2. The molecular weight excluding hydrogens is 326 g/mol. The summed E-state index contributed by atoms with van der Waals surface area (Å²) in [5, 5.41) is 3.24. The van der Waals surface area contributed by atoms with Gasteiger partial charge in [-0.15, -0.1) is 11.3 Å². The van der Waals surface area contributed by atoms with Gasteiger partial charge in [-0.05, 0) is 26.0 Å². The lowest BCUT2D eigenvalue weighted by molar-refractivity contribution is 0.241. The van der Waals surface area contributed by atoms with Crippen LogP contribution in [0.3, 0.4) is 0 Å². The standard InChI is InChI=1S/C17H23N3OS2/c1-14-13-22-17(18-14)20-9-8-19(12-15(20)2)10-11-23(21)16-6-4-3-5-7-16/h3-7,13,15H,8-12H2,1-2H3/t15-,23-/m1/s1. The first-order valence-electron chi connectivity index (χ1n) is 7.98.